The van der Waals surface area contributed by atoms with Crippen LogP contribution in [0.4, 0.5) is 0 Å². The summed E-state index contributed by atoms with van der Waals surface area (Å²) in [6, 6.07) is 3.52. The van der Waals surface area contributed by atoms with Crippen LogP contribution in [-0.4, -0.2) is 70.5 Å². The van der Waals surface area contributed by atoms with Gasteiger partial charge in [0.05, 0.1) is 13.2 Å². The second-order valence-electron chi connectivity index (χ2n) is 7.15. The van der Waals surface area contributed by atoms with Crippen LogP contribution >= 0.6 is 35.3 Å². The number of nitrogens with one attached hydrogen (secondary N) is 1. The molecule has 0 aromatic carbocycles. The monoisotopic (exact) mass is 528 g/mol. The van der Waals surface area contributed by atoms with Crippen LogP contribution in [0.3, 0.4) is 0 Å². The quantitative estimate of drug-likeness (QED) is 0.361. The van der Waals surface area contributed by atoms with Crippen molar-refractivity contribution in [2.24, 2.45) is 10.4 Å². The van der Waals surface area contributed by atoms with Gasteiger partial charge in [-0.25, -0.2) is 17.7 Å². The Morgan fingerprint density at radius 3 is 2.81 bits per heavy atom. The molecule has 0 amide bonds. The summed E-state index contributed by atoms with van der Waals surface area (Å²) in [6.07, 6.45) is 2.27. The zero-order valence-electron chi connectivity index (χ0n) is 16.1. The van der Waals surface area contributed by atoms with Gasteiger partial charge in [0.15, 0.2) is 5.96 Å². The topological polar surface area (TPSA) is 74.2 Å². The first-order valence-corrected chi connectivity index (χ1v) is 11.2. The zero-order valence-corrected chi connectivity index (χ0v) is 20.1. The number of aliphatic imine (C=N–C) groups is 1. The van der Waals surface area contributed by atoms with Crippen LogP contribution < -0.4 is 5.32 Å². The summed E-state index contributed by atoms with van der Waals surface area (Å²) in [6.45, 7) is 7.02. The third-order valence-corrected chi connectivity index (χ3v) is 8.37. The molecule has 0 bridgehead atoms. The Bertz CT molecular complexity index is 758. The lowest BCUT2D eigenvalue weighted by atomic mass is 9.87. The lowest BCUT2D eigenvalue weighted by molar-refractivity contribution is 0.156. The molecular weight excluding hydrogens is 499 g/mol. The predicted octanol–water partition coefficient (Wildman–Crippen LogP) is 2.19. The maximum Gasteiger partial charge on any atom is 0.252 e. The minimum Gasteiger partial charge on any atom is -0.381 e. The molecule has 0 saturated carbocycles. The molecule has 0 radical (unpaired) electrons. The van der Waals surface area contributed by atoms with E-state index in [-0.39, 0.29) is 29.4 Å². The molecule has 1 aromatic heterocycles. The number of hydrogen-bond acceptors (Lipinski definition) is 5. The first kappa shape index (κ1) is 22.9. The predicted molar refractivity (Wildman–Crippen MR) is 119 cm³/mol. The zero-order chi connectivity index (χ0) is 18.8. The highest BCUT2D eigenvalue weighted by Crippen LogP contribution is 2.38. The summed E-state index contributed by atoms with van der Waals surface area (Å²) in [4.78, 5) is 8.01. The molecule has 2 saturated heterocycles. The minimum atomic E-state index is -3.37. The standard InChI is InChI=1S/C17H28N4O3S2.HI/c1-4-18-16(21-9-7-17(12-21)8-10-24-13-17)19-11-14-5-6-15(25-14)26(22,23)20(2)3;/h5-6H,4,7-13H2,1-3H3,(H,18,19);1H. The maximum atomic E-state index is 12.2. The van der Waals surface area contributed by atoms with E-state index in [0.717, 1.165) is 56.5 Å². The molecule has 0 aliphatic carbocycles. The number of ether oxygens (including phenoxy) is 1. The van der Waals surface area contributed by atoms with Gasteiger partial charge in [-0.15, -0.1) is 35.3 Å². The third-order valence-electron chi connectivity index (χ3n) is 5.01. The van der Waals surface area contributed by atoms with Crippen molar-refractivity contribution in [3.63, 3.8) is 0 Å². The average Bonchev–Trinajstić information content (AvgIpc) is 3.34. The van der Waals surface area contributed by atoms with Crippen molar-refractivity contribution in [3.05, 3.63) is 17.0 Å². The lowest BCUT2D eigenvalue weighted by Crippen LogP contribution is -2.41. The Labute approximate surface area is 183 Å². The number of guanidine groups is 1. The van der Waals surface area contributed by atoms with Crippen LogP contribution in [0, 0.1) is 5.41 Å². The number of nitrogens with zero attached hydrogens (tertiary/aromatic N) is 3. The van der Waals surface area contributed by atoms with Gasteiger partial charge in [-0.1, -0.05) is 0 Å². The summed E-state index contributed by atoms with van der Waals surface area (Å²) in [7, 11) is -0.277. The van der Waals surface area contributed by atoms with E-state index in [1.165, 1.54) is 15.6 Å². The van der Waals surface area contributed by atoms with E-state index in [4.69, 9.17) is 9.73 Å². The van der Waals surface area contributed by atoms with E-state index in [9.17, 15) is 8.42 Å². The minimum absolute atomic E-state index is 0. The fraction of sp³-hybridized carbons (Fsp3) is 0.706. The van der Waals surface area contributed by atoms with Gasteiger partial charge in [-0.05, 0) is 31.9 Å². The van der Waals surface area contributed by atoms with Gasteiger partial charge in [0.2, 0.25) is 0 Å². The Morgan fingerprint density at radius 2 is 2.19 bits per heavy atom. The highest BCUT2D eigenvalue weighted by atomic mass is 127. The first-order valence-electron chi connectivity index (χ1n) is 8.99. The molecule has 1 spiro atoms. The second-order valence-corrected chi connectivity index (χ2v) is 10.7. The van der Waals surface area contributed by atoms with E-state index < -0.39 is 10.0 Å². The number of hydrogen-bond donors (Lipinski definition) is 1. The largest absolute Gasteiger partial charge is 0.381 e. The van der Waals surface area contributed by atoms with Gasteiger partial charge < -0.3 is 15.0 Å². The van der Waals surface area contributed by atoms with Crippen molar-refractivity contribution in [1.29, 1.82) is 0 Å². The number of rotatable bonds is 5. The van der Waals surface area contributed by atoms with Gasteiger partial charge in [0.25, 0.3) is 10.0 Å². The Balaban J connectivity index is 0.00000261. The van der Waals surface area contributed by atoms with Crippen LogP contribution in [0.1, 0.15) is 24.6 Å². The van der Waals surface area contributed by atoms with E-state index in [0.29, 0.717) is 10.8 Å². The van der Waals surface area contributed by atoms with E-state index in [1.807, 2.05) is 6.07 Å². The van der Waals surface area contributed by atoms with E-state index in [1.54, 1.807) is 20.2 Å². The summed E-state index contributed by atoms with van der Waals surface area (Å²) in [5.41, 5.74) is 0.284. The normalized spacial score (nSPS) is 23.3. The van der Waals surface area contributed by atoms with Crippen molar-refractivity contribution < 1.29 is 13.2 Å². The molecule has 2 fully saturated rings. The summed E-state index contributed by atoms with van der Waals surface area (Å²) in [5.74, 6) is 0.904. The summed E-state index contributed by atoms with van der Waals surface area (Å²) < 4.78 is 31.6. The molecule has 2 aliphatic rings. The number of likely N-dealkylation sites (tertiary alicyclic amines) is 1. The fourth-order valence-electron chi connectivity index (χ4n) is 3.43. The van der Waals surface area contributed by atoms with Gasteiger partial charge in [-0.3, -0.25) is 0 Å². The van der Waals surface area contributed by atoms with Gasteiger partial charge >= 0.3 is 0 Å². The molecule has 2 aliphatic heterocycles. The molecule has 27 heavy (non-hydrogen) atoms. The maximum absolute atomic E-state index is 12.2. The molecule has 3 heterocycles. The molecule has 7 nitrogen and oxygen atoms in total. The van der Waals surface area contributed by atoms with Crippen LogP contribution in [0.5, 0.6) is 0 Å². The molecule has 1 atom stereocenters. The molecule has 1 unspecified atom stereocenters. The van der Waals surface area contributed by atoms with Gasteiger partial charge in [-0.2, -0.15) is 0 Å². The highest BCUT2D eigenvalue weighted by molar-refractivity contribution is 14.0. The van der Waals surface area contributed by atoms with Crippen LogP contribution in [0.15, 0.2) is 21.3 Å². The molecule has 1 N–H and O–H groups in total. The van der Waals surface area contributed by atoms with Crippen molar-refractivity contribution in [3.8, 4) is 0 Å². The number of halogens is 1. The van der Waals surface area contributed by atoms with Crippen molar-refractivity contribution >= 4 is 51.3 Å². The second kappa shape index (κ2) is 9.38. The Kier molecular flexibility index (Phi) is 7.94. The lowest BCUT2D eigenvalue weighted by Gasteiger charge is -2.24. The third kappa shape index (κ3) is 5.14. The van der Waals surface area contributed by atoms with Crippen LogP contribution in [-0.2, 0) is 21.3 Å². The number of thiophene rings is 1. The van der Waals surface area contributed by atoms with Gasteiger partial charge in [0.1, 0.15) is 4.21 Å². The highest BCUT2D eigenvalue weighted by Gasteiger charge is 2.42. The average molecular weight is 528 g/mol. The van der Waals surface area contributed by atoms with Crippen molar-refractivity contribution in [2.75, 3.05) is 46.9 Å². The van der Waals surface area contributed by atoms with Crippen molar-refractivity contribution in [2.45, 2.75) is 30.5 Å². The molecular formula is C17H29IN4O3S2. The SMILES string of the molecule is CCNC(=NCc1ccc(S(=O)(=O)N(C)C)s1)N1CCC2(CCOC2)C1.I. The summed E-state index contributed by atoms with van der Waals surface area (Å²) >= 11 is 1.29. The Hall–Kier alpha value is -0.430. The molecule has 1 aromatic rings. The van der Waals surface area contributed by atoms with Crippen LogP contribution in [0.2, 0.25) is 0 Å². The Morgan fingerprint density at radius 1 is 1.41 bits per heavy atom. The van der Waals surface area contributed by atoms with Crippen LogP contribution in [0.25, 0.3) is 0 Å². The fourth-order valence-corrected chi connectivity index (χ4v) is 5.88. The van der Waals surface area contributed by atoms with E-state index >= 15 is 0 Å². The molecule has 10 heteroatoms. The first-order chi connectivity index (χ1) is 12.4. The molecule has 3 rings (SSSR count). The number of sulfonamides is 1. The van der Waals surface area contributed by atoms with E-state index in [2.05, 4.69) is 17.1 Å². The molecule has 154 valence electrons. The summed E-state index contributed by atoms with van der Waals surface area (Å²) in [5, 5.41) is 3.37. The smallest absolute Gasteiger partial charge is 0.252 e. The van der Waals surface area contributed by atoms with Crippen molar-refractivity contribution in [1.82, 2.24) is 14.5 Å². The van der Waals surface area contributed by atoms with Gasteiger partial charge in [0, 0.05) is 50.6 Å².